The number of Topliss-reactive ketones (excluding diaryl/α,β-unsaturated/α-hetero) is 1. The van der Waals surface area contributed by atoms with Crippen molar-refractivity contribution in [3.8, 4) is 0 Å². The molecule has 0 aliphatic heterocycles. The number of fused-ring (bicyclic) bond motifs is 1. The Morgan fingerprint density at radius 1 is 1.10 bits per heavy atom. The number of ketones is 1. The quantitative estimate of drug-likeness (QED) is 0.644. The van der Waals surface area contributed by atoms with Crippen molar-refractivity contribution in [2.45, 2.75) is 13.5 Å². The molecule has 2 aromatic carbocycles. The molecule has 20 heavy (non-hydrogen) atoms. The topological polar surface area (TPSA) is 22.0 Å². The maximum Gasteiger partial charge on any atom is 0.182 e. The van der Waals surface area contributed by atoms with Gasteiger partial charge in [-0.1, -0.05) is 45.8 Å². The van der Waals surface area contributed by atoms with Crippen molar-refractivity contribution < 1.29 is 4.79 Å². The summed E-state index contributed by atoms with van der Waals surface area (Å²) in [4.78, 5) is 12.3. The summed E-state index contributed by atoms with van der Waals surface area (Å²) in [5.74, 6) is 0.130. The number of hydrogen-bond acceptors (Lipinski definition) is 1. The van der Waals surface area contributed by atoms with Gasteiger partial charge in [0.15, 0.2) is 5.78 Å². The van der Waals surface area contributed by atoms with Crippen LogP contribution in [0.25, 0.3) is 10.9 Å². The van der Waals surface area contributed by atoms with E-state index >= 15 is 0 Å². The normalized spacial score (nSPS) is 10.9. The van der Waals surface area contributed by atoms with E-state index in [1.165, 1.54) is 0 Å². The van der Waals surface area contributed by atoms with E-state index in [4.69, 9.17) is 0 Å². The molecule has 2 nitrogen and oxygen atoms in total. The molecule has 0 atom stereocenters. The number of carbonyl (C=O) groups is 1. The Balaban J connectivity index is 1.89. The predicted molar refractivity (Wildman–Crippen MR) is 85.1 cm³/mol. The van der Waals surface area contributed by atoms with Crippen molar-refractivity contribution in [3.63, 3.8) is 0 Å². The Morgan fingerprint density at radius 2 is 1.85 bits per heavy atom. The molecular weight excluding hydrogens is 314 g/mol. The van der Waals surface area contributed by atoms with E-state index in [9.17, 15) is 4.79 Å². The summed E-state index contributed by atoms with van der Waals surface area (Å²) in [5, 5.41) is 1.14. The highest BCUT2D eigenvalue weighted by molar-refractivity contribution is 9.10. The maximum absolute atomic E-state index is 12.3. The van der Waals surface area contributed by atoms with Gasteiger partial charge in [0.25, 0.3) is 0 Å². The van der Waals surface area contributed by atoms with Gasteiger partial charge in [0, 0.05) is 27.1 Å². The maximum atomic E-state index is 12.3. The fourth-order valence-corrected chi connectivity index (χ4v) is 2.67. The zero-order valence-electron chi connectivity index (χ0n) is 11.1. The van der Waals surface area contributed by atoms with E-state index < -0.39 is 0 Å². The Labute approximate surface area is 126 Å². The number of benzene rings is 2. The second kappa shape index (κ2) is 5.25. The van der Waals surface area contributed by atoms with Gasteiger partial charge in [0.1, 0.15) is 0 Å². The van der Waals surface area contributed by atoms with Crippen LogP contribution in [0.5, 0.6) is 0 Å². The third-order valence-electron chi connectivity index (χ3n) is 3.42. The largest absolute Gasteiger partial charge is 0.340 e. The van der Waals surface area contributed by atoms with Crippen LogP contribution >= 0.6 is 15.9 Å². The highest BCUT2D eigenvalue weighted by Gasteiger charge is 2.08. The van der Waals surface area contributed by atoms with Crippen LogP contribution < -0.4 is 0 Å². The number of aryl methyl sites for hydroxylation is 1. The van der Waals surface area contributed by atoms with E-state index in [2.05, 4.69) is 22.0 Å². The fourth-order valence-electron chi connectivity index (χ4n) is 2.29. The lowest BCUT2D eigenvalue weighted by molar-refractivity contribution is 0.0973. The highest BCUT2D eigenvalue weighted by Crippen LogP contribution is 2.21. The molecule has 0 N–H and O–H groups in total. The molecule has 0 bridgehead atoms. The van der Waals surface area contributed by atoms with E-state index in [1.807, 2.05) is 60.2 Å². The summed E-state index contributed by atoms with van der Waals surface area (Å²) in [6.45, 7) is 2.39. The van der Waals surface area contributed by atoms with Gasteiger partial charge >= 0.3 is 0 Å². The summed E-state index contributed by atoms with van der Waals surface area (Å²) in [5.41, 5.74) is 3.00. The summed E-state index contributed by atoms with van der Waals surface area (Å²) in [6, 6.07) is 15.8. The molecule has 3 aromatic rings. The first kappa shape index (κ1) is 13.1. The predicted octanol–water partition coefficient (Wildman–Crippen LogP) is 4.60. The summed E-state index contributed by atoms with van der Waals surface area (Å²) < 4.78 is 3.04. The molecule has 0 saturated heterocycles. The van der Waals surface area contributed by atoms with Crippen molar-refractivity contribution in [1.82, 2.24) is 4.57 Å². The number of rotatable bonds is 3. The fraction of sp³-hybridized carbons (Fsp3) is 0.118. The number of carbonyl (C=O) groups excluding carboxylic acids is 1. The Kier molecular flexibility index (Phi) is 3.45. The average Bonchev–Trinajstić information content (AvgIpc) is 2.81. The highest BCUT2D eigenvalue weighted by atomic mass is 79.9. The third-order valence-corrected chi connectivity index (χ3v) is 3.91. The van der Waals surface area contributed by atoms with Crippen LogP contribution in [-0.2, 0) is 6.54 Å². The van der Waals surface area contributed by atoms with Crippen LogP contribution in [0.15, 0.2) is 59.2 Å². The molecule has 3 rings (SSSR count). The molecule has 3 heteroatoms. The minimum absolute atomic E-state index is 0.130. The molecule has 0 fully saturated rings. The minimum atomic E-state index is 0.130. The van der Waals surface area contributed by atoms with E-state index in [0.29, 0.717) is 6.54 Å². The number of hydrogen-bond donors (Lipinski definition) is 0. The van der Waals surface area contributed by atoms with Gasteiger partial charge in [-0.2, -0.15) is 0 Å². The Hall–Kier alpha value is -1.87. The van der Waals surface area contributed by atoms with Crippen LogP contribution in [0.1, 0.15) is 15.9 Å². The summed E-state index contributed by atoms with van der Waals surface area (Å²) in [7, 11) is 0. The zero-order valence-corrected chi connectivity index (χ0v) is 12.7. The molecule has 0 aliphatic rings. The van der Waals surface area contributed by atoms with Crippen molar-refractivity contribution >= 4 is 32.6 Å². The van der Waals surface area contributed by atoms with Crippen molar-refractivity contribution in [2.75, 3.05) is 0 Å². The zero-order chi connectivity index (χ0) is 14.1. The standard InChI is InChI=1S/C17H14BrNO/c1-12-2-4-13(5-3-12)17(20)11-19-9-8-14-10-15(18)6-7-16(14)19/h2-10H,11H2,1H3. The summed E-state index contributed by atoms with van der Waals surface area (Å²) >= 11 is 3.46. The Bertz CT molecular complexity index is 771. The molecule has 0 unspecified atom stereocenters. The monoisotopic (exact) mass is 327 g/mol. The van der Waals surface area contributed by atoms with Crippen LogP contribution in [0.2, 0.25) is 0 Å². The van der Waals surface area contributed by atoms with Gasteiger partial charge in [0.05, 0.1) is 6.54 Å². The molecule has 0 amide bonds. The SMILES string of the molecule is Cc1ccc(C(=O)Cn2ccc3cc(Br)ccc32)cc1. The first-order chi connectivity index (χ1) is 9.63. The molecule has 1 heterocycles. The Morgan fingerprint density at radius 3 is 2.60 bits per heavy atom. The molecule has 1 aromatic heterocycles. The average molecular weight is 328 g/mol. The third kappa shape index (κ3) is 2.54. The lowest BCUT2D eigenvalue weighted by Crippen LogP contribution is -2.09. The van der Waals surface area contributed by atoms with Gasteiger partial charge in [-0.25, -0.2) is 0 Å². The van der Waals surface area contributed by atoms with E-state index in [-0.39, 0.29) is 5.78 Å². The number of aromatic nitrogens is 1. The van der Waals surface area contributed by atoms with Crippen LogP contribution in [0.3, 0.4) is 0 Å². The summed E-state index contributed by atoms with van der Waals surface area (Å²) in [6.07, 6.45) is 1.96. The van der Waals surface area contributed by atoms with Crippen LogP contribution in [0, 0.1) is 6.92 Å². The molecule has 0 saturated carbocycles. The second-order valence-corrected chi connectivity index (χ2v) is 5.85. The van der Waals surface area contributed by atoms with Gasteiger partial charge in [-0.15, -0.1) is 0 Å². The van der Waals surface area contributed by atoms with Gasteiger partial charge in [-0.3, -0.25) is 4.79 Å². The van der Waals surface area contributed by atoms with Crippen molar-refractivity contribution in [2.24, 2.45) is 0 Å². The lowest BCUT2D eigenvalue weighted by atomic mass is 10.1. The van der Waals surface area contributed by atoms with E-state index in [1.54, 1.807) is 0 Å². The minimum Gasteiger partial charge on any atom is -0.340 e. The first-order valence-corrected chi connectivity index (χ1v) is 7.27. The van der Waals surface area contributed by atoms with Gasteiger partial charge in [0.2, 0.25) is 0 Å². The molecular formula is C17H14BrNO. The molecule has 0 aliphatic carbocycles. The second-order valence-electron chi connectivity index (χ2n) is 4.94. The van der Waals surface area contributed by atoms with Crippen molar-refractivity contribution in [1.29, 1.82) is 0 Å². The van der Waals surface area contributed by atoms with Gasteiger partial charge < -0.3 is 4.57 Å². The molecule has 0 radical (unpaired) electrons. The number of halogens is 1. The van der Waals surface area contributed by atoms with Crippen LogP contribution in [-0.4, -0.2) is 10.4 Å². The smallest absolute Gasteiger partial charge is 0.182 e. The van der Waals surface area contributed by atoms with E-state index in [0.717, 1.165) is 26.5 Å². The van der Waals surface area contributed by atoms with Crippen LogP contribution in [0.4, 0.5) is 0 Å². The molecule has 100 valence electrons. The van der Waals surface area contributed by atoms with Gasteiger partial charge in [-0.05, 0) is 31.2 Å². The number of nitrogens with zero attached hydrogens (tertiary/aromatic N) is 1. The lowest BCUT2D eigenvalue weighted by Gasteiger charge is -2.05. The first-order valence-electron chi connectivity index (χ1n) is 6.48. The molecule has 0 spiro atoms. The van der Waals surface area contributed by atoms with Crippen molar-refractivity contribution in [3.05, 3.63) is 70.3 Å².